The molecule has 0 N–H and O–H groups in total. The van der Waals surface area contributed by atoms with Crippen molar-refractivity contribution < 1.29 is 14.5 Å². The van der Waals surface area contributed by atoms with Gasteiger partial charge >= 0.3 is 6.09 Å². The zero-order valence-electron chi connectivity index (χ0n) is 12.8. The van der Waals surface area contributed by atoms with E-state index in [0.29, 0.717) is 17.3 Å². The minimum absolute atomic E-state index is 0.185. The highest BCUT2D eigenvalue weighted by molar-refractivity contribution is 6.30. The second-order valence-electron chi connectivity index (χ2n) is 6.05. The van der Waals surface area contributed by atoms with E-state index >= 15 is 0 Å². The third kappa shape index (κ3) is 2.63. The minimum atomic E-state index is -1.26. The van der Waals surface area contributed by atoms with Crippen molar-refractivity contribution in [2.45, 2.75) is 50.2 Å². The molecular weight excluding hydrogens is 322 g/mol. The summed E-state index contributed by atoms with van der Waals surface area (Å²) in [7, 11) is 0. The Hall–Kier alpha value is -1.89. The number of aromatic nitrogens is 1. The summed E-state index contributed by atoms with van der Waals surface area (Å²) in [4.78, 5) is 29.6. The van der Waals surface area contributed by atoms with E-state index in [9.17, 15) is 14.9 Å². The van der Waals surface area contributed by atoms with Crippen LogP contribution < -0.4 is 0 Å². The summed E-state index contributed by atoms with van der Waals surface area (Å²) in [5.74, 6) is 0. The van der Waals surface area contributed by atoms with Crippen LogP contribution in [0.1, 0.15) is 38.3 Å². The van der Waals surface area contributed by atoms with Crippen LogP contribution in [-0.2, 0) is 10.3 Å². The Bertz CT molecular complexity index is 608. The van der Waals surface area contributed by atoms with E-state index in [2.05, 4.69) is 4.98 Å². The van der Waals surface area contributed by atoms with Crippen molar-refractivity contribution in [3.8, 4) is 0 Å². The summed E-state index contributed by atoms with van der Waals surface area (Å²) in [6.45, 7) is 2.05. The third-order valence-corrected chi connectivity index (χ3v) is 5.02. The molecule has 2 atom stereocenters. The number of carbonyl (C=O) groups excluding carboxylic acids is 1. The predicted octanol–water partition coefficient (Wildman–Crippen LogP) is 2.99. The first-order valence-corrected chi connectivity index (χ1v) is 8.07. The highest BCUT2D eigenvalue weighted by Crippen LogP contribution is 2.47. The molecule has 0 aliphatic carbocycles. The highest BCUT2D eigenvalue weighted by atomic mass is 35.5. The maximum Gasteiger partial charge on any atom is 0.410 e. The summed E-state index contributed by atoms with van der Waals surface area (Å²) in [5, 5.41) is 12.3. The largest absolute Gasteiger partial charge is 0.450 e. The molecule has 2 unspecified atom stereocenters. The van der Waals surface area contributed by atoms with Crippen molar-refractivity contribution in [1.29, 1.82) is 0 Å². The van der Waals surface area contributed by atoms with Crippen LogP contribution in [0.4, 0.5) is 4.79 Å². The van der Waals surface area contributed by atoms with E-state index in [1.165, 1.54) is 6.20 Å². The monoisotopic (exact) mass is 339 g/mol. The molecule has 3 rings (SSSR count). The molecule has 23 heavy (non-hydrogen) atoms. The van der Waals surface area contributed by atoms with Gasteiger partial charge in [-0.15, -0.1) is 0 Å². The summed E-state index contributed by atoms with van der Waals surface area (Å²) >= 11 is 5.84. The number of ether oxygens (including phenoxy) is 1. The zero-order chi connectivity index (χ0) is 16.6. The van der Waals surface area contributed by atoms with Crippen molar-refractivity contribution in [3.63, 3.8) is 0 Å². The van der Waals surface area contributed by atoms with Crippen LogP contribution >= 0.6 is 11.6 Å². The second kappa shape index (κ2) is 5.96. The number of fused-ring (bicyclic) bond motifs is 2. The van der Waals surface area contributed by atoms with Crippen molar-refractivity contribution in [2.24, 2.45) is 0 Å². The normalized spacial score (nSPS) is 29.4. The number of piperidine rings is 1. The van der Waals surface area contributed by atoms with Crippen LogP contribution in [0.3, 0.4) is 0 Å². The maximum atomic E-state index is 12.1. The number of pyridine rings is 1. The maximum absolute atomic E-state index is 12.1. The van der Waals surface area contributed by atoms with E-state index in [0.717, 1.165) is 12.8 Å². The Morgan fingerprint density at radius 3 is 2.61 bits per heavy atom. The van der Waals surface area contributed by atoms with Crippen LogP contribution in [0.2, 0.25) is 5.02 Å². The summed E-state index contributed by atoms with van der Waals surface area (Å²) in [6.07, 6.45) is 3.08. The van der Waals surface area contributed by atoms with Crippen LogP contribution in [0.15, 0.2) is 18.3 Å². The lowest BCUT2D eigenvalue weighted by molar-refractivity contribution is -0.587. The molecule has 2 bridgehead atoms. The van der Waals surface area contributed by atoms with Gasteiger partial charge in [-0.25, -0.2) is 4.79 Å². The summed E-state index contributed by atoms with van der Waals surface area (Å²) < 4.78 is 5.10. The standard InChI is InChI=1S/C15H18ClN3O4/c1-2-23-14(20)18-11-4-5-12(18)8-15(7-11,19(21)22)13-6-3-10(16)9-17-13/h3,6,9,11-12H,2,4-5,7-8H2,1H3. The number of rotatable bonds is 3. The zero-order valence-corrected chi connectivity index (χ0v) is 13.5. The van der Waals surface area contributed by atoms with Gasteiger partial charge in [-0.2, -0.15) is 0 Å². The number of hydrogen-bond acceptors (Lipinski definition) is 5. The number of halogens is 1. The molecule has 1 aromatic heterocycles. The molecule has 2 fully saturated rings. The van der Waals surface area contributed by atoms with Gasteiger partial charge in [0.15, 0.2) is 0 Å². The Morgan fingerprint density at radius 1 is 1.48 bits per heavy atom. The number of amides is 1. The average molecular weight is 340 g/mol. The molecule has 2 saturated heterocycles. The fourth-order valence-corrected chi connectivity index (χ4v) is 3.94. The van der Waals surface area contributed by atoms with E-state index < -0.39 is 5.54 Å². The Balaban J connectivity index is 1.93. The van der Waals surface area contributed by atoms with Gasteiger partial charge in [0.2, 0.25) is 0 Å². The van der Waals surface area contributed by atoms with E-state index in [-0.39, 0.29) is 35.9 Å². The van der Waals surface area contributed by atoms with Gasteiger partial charge in [-0.1, -0.05) is 11.6 Å². The average Bonchev–Trinajstić information content (AvgIpc) is 2.79. The minimum Gasteiger partial charge on any atom is -0.450 e. The van der Waals surface area contributed by atoms with Crippen LogP contribution in [-0.4, -0.2) is 39.6 Å². The lowest BCUT2D eigenvalue weighted by Gasteiger charge is -2.40. The number of nitrogens with zero attached hydrogens (tertiary/aromatic N) is 3. The van der Waals surface area contributed by atoms with Gasteiger partial charge in [0.1, 0.15) is 5.69 Å². The van der Waals surface area contributed by atoms with Crippen molar-refractivity contribution in [1.82, 2.24) is 9.88 Å². The fraction of sp³-hybridized carbons (Fsp3) is 0.600. The van der Waals surface area contributed by atoms with Gasteiger partial charge in [0.05, 0.1) is 11.6 Å². The Morgan fingerprint density at radius 2 is 2.13 bits per heavy atom. The molecule has 8 heteroatoms. The molecule has 0 spiro atoms. The van der Waals surface area contributed by atoms with E-state index in [1.54, 1.807) is 24.0 Å². The summed E-state index contributed by atoms with van der Waals surface area (Å²) in [5.41, 5.74) is -0.855. The molecule has 1 aromatic rings. The molecule has 2 aliphatic rings. The molecule has 2 aliphatic heterocycles. The van der Waals surface area contributed by atoms with Crippen LogP contribution in [0.25, 0.3) is 0 Å². The first kappa shape index (κ1) is 16.0. The lowest BCUT2D eigenvalue weighted by atomic mass is 9.80. The smallest absolute Gasteiger partial charge is 0.410 e. The Kier molecular flexibility index (Phi) is 4.14. The SMILES string of the molecule is CCOC(=O)N1C2CCC1CC(c1ccc(Cl)cn1)([N+](=O)[O-])C2. The molecule has 0 radical (unpaired) electrons. The quantitative estimate of drug-likeness (QED) is 0.624. The first-order chi connectivity index (χ1) is 11.0. The molecule has 0 saturated carbocycles. The molecule has 124 valence electrons. The number of carbonyl (C=O) groups is 1. The van der Waals surface area contributed by atoms with Gasteiger partial charge in [0, 0.05) is 36.0 Å². The van der Waals surface area contributed by atoms with Crippen LogP contribution in [0, 0.1) is 10.1 Å². The van der Waals surface area contributed by atoms with Gasteiger partial charge in [-0.05, 0) is 31.9 Å². The van der Waals surface area contributed by atoms with Crippen LogP contribution in [0.5, 0.6) is 0 Å². The number of nitro groups is 1. The highest BCUT2D eigenvalue weighted by Gasteiger charge is 2.59. The molecule has 0 aromatic carbocycles. The second-order valence-corrected chi connectivity index (χ2v) is 6.49. The lowest BCUT2D eigenvalue weighted by Crippen LogP contribution is -2.55. The van der Waals surface area contributed by atoms with E-state index in [1.807, 2.05) is 0 Å². The van der Waals surface area contributed by atoms with Gasteiger partial charge in [-0.3, -0.25) is 15.1 Å². The fourth-order valence-electron chi connectivity index (χ4n) is 3.82. The number of hydrogen-bond donors (Lipinski definition) is 0. The van der Waals surface area contributed by atoms with Crippen molar-refractivity contribution in [3.05, 3.63) is 39.2 Å². The van der Waals surface area contributed by atoms with E-state index in [4.69, 9.17) is 16.3 Å². The molecule has 3 heterocycles. The molecular formula is C15H18ClN3O4. The van der Waals surface area contributed by atoms with Gasteiger partial charge in [0.25, 0.3) is 5.54 Å². The third-order valence-electron chi connectivity index (χ3n) is 4.80. The van der Waals surface area contributed by atoms with Crippen molar-refractivity contribution in [2.75, 3.05) is 6.61 Å². The predicted molar refractivity (Wildman–Crippen MR) is 82.8 cm³/mol. The van der Waals surface area contributed by atoms with Crippen molar-refractivity contribution >= 4 is 17.7 Å². The Labute approximate surface area is 138 Å². The molecule has 1 amide bonds. The van der Waals surface area contributed by atoms with Gasteiger partial charge < -0.3 is 9.64 Å². The first-order valence-electron chi connectivity index (χ1n) is 7.69. The summed E-state index contributed by atoms with van der Waals surface area (Å²) in [6, 6.07) is 2.87. The topological polar surface area (TPSA) is 85.6 Å². The molecule has 7 nitrogen and oxygen atoms in total.